The number of rotatable bonds is 6. The summed E-state index contributed by atoms with van der Waals surface area (Å²) in [6, 6.07) is 12.4. The molecular weight excluding hydrogens is 468 g/mol. The van der Waals surface area contributed by atoms with E-state index in [0.29, 0.717) is 35.8 Å². The summed E-state index contributed by atoms with van der Waals surface area (Å²) in [6.45, 7) is 9.64. The van der Waals surface area contributed by atoms with Crippen LogP contribution < -0.4 is 15.5 Å². The number of aliphatic hydroxyl groups excluding tert-OH is 1. The van der Waals surface area contributed by atoms with Gasteiger partial charge < -0.3 is 30.3 Å². The molecule has 1 fully saturated rings. The number of nitrogens with zero attached hydrogens (tertiary/aromatic N) is 2. The van der Waals surface area contributed by atoms with Crippen LogP contribution >= 0.6 is 11.6 Å². The number of piperazine rings is 1. The van der Waals surface area contributed by atoms with Crippen molar-refractivity contribution in [2.75, 3.05) is 43.4 Å². The van der Waals surface area contributed by atoms with Crippen LogP contribution in [0.2, 0.25) is 5.02 Å². The summed E-state index contributed by atoms with van der Waals surface area (Å²) in [6.07, 6.45) is -1.07. The zero-order valence-electron chi connectivity index (χ0n) is 21.0. The molecule has 35 heavy (non-hydrogen) atoms. The van der Waals surface area contributed by atoms with Crippen molar-refractivity contribution >= 4 is 35.0 Å². The van der Waals surface area contributed by atoms with Gasteiger partial charge in [0.15, 0.2) is 0 Å². The van der Waals surface area contributed by atoms with E-state index >= 15 is 0 Å². The van der Waals surface area contributed by atoms with E-state index < -0.39 is 11.7 Å². The quantitative estimate of drug-likeness (QED) is 0.545. The molecule has 1 saturated heterocycles. The molecule has 0 spiro atoms. The molecule has 2 aromatic carbocycles. The highest BCUT2D eigenvalue weighted by molar-refractivity contribution is 6.31. The molecule has 0 bridgehead atoms. The summed E-state index contributed by atoms with van der Waals surface area (Å²) in [5, 5.41) is 17.2. The molecule has 1 heterocycles. The molecule has 8 nitrogen and oxygen atoms in total. The van der Waals surface area contributed by atoms with Crippen LogP contribution in [0.3, 0.4) is 0 Å². The fraction of sp³-hybridized carbons (Fsp3) is 0.462. The number of nitrogens with one attached hydrogen (secondary N) is 2. The molecule has 190 valence electrons. The summed E-state index contributed by atoms with van der Waals surface area (Å²) >= 11 is 6.31. The molecule has 9 heteroatoms. The molecule has 3 rings (SSSR count). The van der Waals surface area contributed by atoms with Crippen molar-refractivity contribution in [2.24, 2.45) is 0 Å². The minimum atomic E-state index is -0.764. The number of carbonyl (C=O) groups is 2. The highest BCUT2D eigenvalue weighted by Gasteiger charge is 2.31. The van der Waals surface area contributed by atoms with Crippen molar-refractivity contribution < 1.29 is 19.4 Å². The van der Waals surface area contributed by atoms with Gasteiger partial charge in [0.2, 0.25) is 0 Å². The van der Waals surface area contributed by atoms with Crippen molar-refractivity contribution in [3.8, 4) is 0 Å². The molecule has 0 aliphatic carbocycles. The van der Waals surface area contributed by atoms with Gasteiger partial charge >= 0.3 is 6.09 Å². The van der Waals surface area contributed by atoms with E-state index in [1.165, 1.54) is 0 Å². The summed E-state index contributed by atoms with van der Waals surface area (Å²) in [5.74, 6) is -0.170. The van der Waals surface area contributed by atoms with Gasteiger partial charge in [0, 0.05) is 49.9 Å². The summed E-state index contributed by atoms with van der Waals surface area (Å²) in [7, 11) is 1.58. The highest BCUT2D eigenvalue weighted by atomic mass is 35.5. The van der Waals surface area contributed by atoms with E-state index in [2.05, 4.69) is 15.5 Å². The molecule has 0 aromatic heterocycles. The fourth-order valence-corrected chi connectivity index (χ4v) is 4.18. The summed E-state index contributed by atoms with van der Waals surface area (Å²) in [5.41, 5.74) is 2.46. The van der Waals surface area contributed by atoms with Crippen molar-refractivity contribution in [3.05, 3.63) is 58.6 Å². The van der Waals surface area contributed by atoms with Crippen LogP contribution in [-0.2, 0) is 4.74 Å². The van der Waals surface area contributed by atoms with Crippen molar-refractivity contribution in [1.82, 2.24) is 10.2 Å². The number of halogens is 1. The number of anilines is 2. The first kappa shape index (κ1) is 26.6. The number of amides is 2. The predicted octanol–water partition coefficient (Wildman–Crippen LogP) is 4.29. The van der Waals surface area contributed by atoms with Crippen LogP contribution in [0.15, 0.2) is 42.5 Å². The standard InChI is InChI=1S/C26H35ClN4O4/c1-17-16-30(12-13-31(17)25(34)35-26(2,3)4)22-14-20(27)10-11-21(22)29-15-23(32)18-6-8-19(9-7-18)24(33)28-5/h6-11,14,17,23,29,32H,12-13,15-16H2,1-5H3,(H,28,33). The van der Waals surface area contributed by atoms with E-state index in [4.69, 9.17) is 16.3 Å². The van der Waals surface area contributed by atoms with Gasteiger partial charge in [-0.25, -0.2) is 4.79 Å². The second-order valence-corrected chi connectivity index (χ2v) is 10.2. The molecule has 0 saturated carbocycles. The Morgan fingerprint density at radius 3 is 2.46 bits per heavy atom. The second kappa shape index (κ2) is 11.2. The topological polar surface area (TPSA) is 94.1 Å². The zero-order chi connectivity index (χ0) is 25.8. The van der Waals surface area contributed by atoms with Gasteiger partial charge in [-0.15, -0.1) is 0 Å². The van der Waals surface area contributed by atoms with E-state index in [1.54, 1.807) is 42.3 Å². The molecule has 2 atom stereocenters. The predicted molar refractivity (Wildman–Crippen MR) is 139 cm³/mol. The first-order valence-corrected chi connectivity index (χ1v) is 12.1. The lowest BCUT2D eigenvalue weighted by Crippen LogP contribution is -2.55. The van der Waals surface area contributed by atoms with Gasteiger partial charge in [-0.3, -0.25) is 4.79 Å². The number of aliphatic hydroxyl groups is 1. The van der Waals surface area contributed by atoms with Crippen LogP contribution in [-0.4, -0.2) is 66.9 Å². The van der Waals surface area contributed by atoms with E-state index in [1.807, 2.05) is 39.8 Å². The lowest BCUT2D eigenvalue weighted by Gasteiger charge is -2.41. The number of carbonyl (C=O) groups excluding carboxylic acids is 2. The molecule has 0 radical (unpaired) electrons. The normalized spacial score (nSPS) is 17.1. The van der Waals surface area contributed by atoms with Crippen LogP contribution in [0, 0.1) is 0 Å². The van der Waals surface area contributed by atoms with Gasteiger partial charge in [-0.1, -0.05) is 23.7 Å². The molecule has 2 amide bonds. The Hall–Kier alpha value is -2.97. The third-order valence-electron chi connectivity index (χ3n) is 5.83. The Labute approximate surface area is 212 Å². The highest BCUT2D eigenvalue weighted by Crippen LogP contribution is 2.32. The van der Waals surface area contributed by atoms with Crippen LogP contribution in [0.4, 0.5) is 16.2 Å². The first-order valence-electron chi connectivity index (χ1n) is 11.8. The van der Waals surface area contributed by atoms with Crippen molar-refractivity contribution in [1.29, 1.82) is 0 Å². The smallest absolute Gasteiger partial charge is 0.410 e. The minimum absolute atomic E-state index is 0.0464. The van der Waals surface area contributed by atoms with Gasteiger partial charge in [0.1, 0.15) is 5.60 Å². The van der Waals surface area contributed by atoms with E-state index in [0.717, 1.165) is 11.4 Å². The third kappa shape index (κ3) is 7.02. The molecular formula is C26H35ClN4O4. The van der Waals surface area contributed by atoms with E-state index in [9.17, 15) is 14.7 Å². The van der Waals surface area contributed by atoms with Crippen molar-refractivity contribution in [3.63, 3.8) is 0 Å². The largest absolute Gasteiger partial charge is 0.444 e. The minimum Gasteiger partial charge on any atom is -0.444 e. The lowest BCUT2D eigenvalue weighted by molar-refractivity contribution is 0.0159. The number of ether oxygens (including phenoxy) is 1. The number of benzene rings is 2. The monoisotopic (exact) mass is 502 g/mol. The Kier molecular flexibility index (Phi) is 8.51. The second-order valence-electron chi connectivity index (χ2n) is 9.73. The molecule has 2 aromatic rings. The van der Waals surface area contributed by atoms with Gasteiger partial charge in [-0.05, 0) is 63.6 Å². The fourth-order valence-electron chi connectivity index (χ4n) is 4.01. The molecule has 3 N–H and O–H groups in total. The molecule has 2 unspecified atom stereocenters. The van der Waals surface area contributed by atoms with Gasteiger partial charge in [0.05, 0.1) is 17.5 Å². The maximum absolute atomic E-state index is 12.6. The van der Waals surface area contributed by atoms with Crippen molar-refractivity contribution in [2.45, 2.75) is 45.4 Å². The maximum atomic E-state index is 12.6. The molecule has 1 aliphatic heterocycles. The zero-order valence-corrected chi connectivity index (χ0v) is 21.7. The summed E-state index contributed by atoms with van der Waals surface area (Å²) in [4.78, 5) is 28.3. The van der Waals surface area contributed by atoms with Crippen LogP contribution in [0.5, 0.6) is 0 Å². The Morgan fingerprint density at radius 1 is 1.17 bits per heavy atom. The van der Waals surface area contributed by atoms with Gasteiger partial charge in [-0.2, -0.15) is 0 Å². The number of hydrogen-bond donors (Lipinski definition) is 3. The summed E-state index contributed by atoms with van der Waals surface area (Å²) < 4.78 is 5.55. The maximum Gasteiger partial charge on any atom is 0.410 e. The Morgan fingerprint density at radius 2 is 1.86 bits per heavy atom. The molecule has 1 aliphatic rings. The van der Waals surface area contributed by atoms with E-state index in [-0.39, 0.29) is 24.6 Å². The first-order chi connectivity index (χ1) is 16.5. The third-order valence-corrected chi connectivity index (χ3v) is 6.06. The average molecular weight is 503 g/mol. The average Bonchev–Trinajstić information content (AvgIpc) is 2.81. The SMILES string of the molecule is CNC(=O)c1ccc(C(O)CNc2ccc(Cl)cc2N2CCN(C(=O)OC(C)(C)C)C(C)C2)cc1. The lowest BCUT2D eigenvalue weighted by atomic mass is 10.1. The number of hydrogen-bond acceptors (Lipinski definition) is 6. The van der Waals surface area contributed by atoms with Crippen LogP contribution in [0.25, 0.3) is 0 Å². The Balaban J connectivity index is 1.67. The van der Waals surface area contributed by atoms with Crippen LogP contribution in [0.1, 0.15) is 49.7 Å². The van der Waals surface area contributed by atoms with Gasteiger partial charge in [0.25, 0.3) is 5.91 Å². The Bertz CT molecular complexity index is 1040.